The molecule has 0 aliphatic heterocycles. The first-order chi connectivity index (χ1) is 8.88. The topological polar surface area (TPSA) is 77.8 Å². The van der Waals surface area contributed by atoms with Crippen molar-refractivity contribution in [1.29, 1.82) is 0 Å². The lowest BCUT2D eigenvalue weighted by Gasteiger charge is -2.35. The van der Waals surface area contributed by atoms with Crippen molar-refractivity contribution in [3.63, 3.8) is 0 Å². The summed E-state index contributed by atoms with van der Waals surface area (Å²) < 4.78 is 0. The van der Waals surface area contributed by atoms with Gasteiger partial charge in [0.1, 0.15) is 0 Å². The zero-order valence-corrected chi connectivity index (χ0v) is 11.6. The van der Waals surface area contributed by atoms with Crippen LogP contribution in [0.15, 0.2) is 0 Å². The summed E-state index contributed by atoms with van der Waals surface area (Å²) >= 11 is 0. The second-order valence-corrected chi connectivity index (χ2v) is 6.34. The highest BCUT2D eigenvalue weighted by molar-refractivity contribution is 5.85. The number of hydrogen-bond acceptors (Lipinski definition) is 3. The summed E-state index contributed by atoms with van der Waals surface area (Å²) in [6, 6.07) is 0. The fraction of sp³-hybridized carbons (Fsp3) is 0.857. The quantitative estimate of drug-likeness (QED) is 0.797. The van der Waals surface area contributed by atoms with Gasteiger partial charge in [-0.1, -0.05) is 6.92 Å². The maximum Gasteiger partial charge on any atom is 0.307 e. The van der Waals surface area contributed by atoms with Crippen LogP contribution in [0.1, 0.15) is 32.6 Å². The zero-order chi connectivity index (χ0) is 14.2. The van der Waals surface area contributed by atoms with Crippen LogP contribution in [0.4, 0.5) is 0 Å². The Morgan fingerprint density at radius 1 is 1.16 bits per heavy atom. The Morgan fingerprint density at radius 3 is 2.26 bits per heavy atom. The van der Waals surface area contributed by atoms with E-state index < -0.39 is 11.9 Å². The minimum absolute atomic E-state index is 0.0434. The van der Waals surface area contributed by atoms with Crippen LogP contribution in [0.2, 0.25) is 0 Å². The van der Waals surface area contributed by atoms with Crippen molar-refractivity contribution in [2.45, 2.75) is 38.7 Å². The van der Waals surface area contributed by atoms with Crippen LogP contribution in [0.25, 0.3) is 0 Å². The molecule has 19 heavy (non-hydrogen) atoms. The van der Waals surface area contributed by atoms with Gasteiger partial charge in [-0.25, -0.2) is 0 Å². The van der Waals surface area contributed by atoms with E-state index in [2.05, 4.69) is 0 Å². The maximum absolute atomic E-state index is 12.4. The molecule has 1 unspecified atom stereocenters. The molecule has 0 spiro atoms. The Hall–Kier alpha value is -1.10. The van der Waals surface area contributed by atoms with Gasteiger partial charge in [-0.3, -0.25) is 9.59 Å². The molecule has 2 N–H and O–H groups in total. The SMILES string of the molecule is CC1C[C@H](C(=O)N(C)CC2CC(O)C2)[C@H](C(=O)O)C1. The number of rotatable bonds is 4. The van der Waals surface area contributed by atoms with Gasteiger partial charge >= 0.3 is 5.97 Å². The second kappa shape index (κ2) is 5.49. The molecule has 1 amide bonds. The zero-order valence-electron chi connectivity index (χ0n) is 11.6. The van der Waals surface area contributed by atoms with Gasteiger partial charge in [0.2, 0.25) is 5.91 Å². The average molecular weight is 269 g/mol. The van der Waals surface area contributed by atoms with Crippen molar-refractivity contribution < 1.29 is 19.8 Å². The molecule has 5 nitrogen and oxygen atoms in total. The summed E-state index contributed by atoms with van der Waals surface area (Å²) in [7, 11) is 1.74. The lowest BCUT2D eigenvalue weighted by molar-refractivity contribution is -0.149. The number of amides is 1. The summed E-state index contributed by atoms with van der Waals surface area (Å²) in [5.74, 6) is -1.13. The molecule has 2 aliphatic rings. The molecule has 0 saturated heterocycles. The minimum atomic E-state index is -0.852. The molecule has 0 bridgehead atoms. The third kappa shape index (κ3) is 3.08. The molecule has 108 valence electrons. The number of carbonyl (C=O) groups excluding carboxylic acids is 1. The number of carboxylic acid groups (broad SMARTS) is 1. The molecule has 2 saturated carbocycles. The van der Waals surface area contributed by atoms with Crippen molar-refractivity contribution in [3.05, 3.63) is 0 Å². The van der Waals surface area contributed by atoms with E-state index in [1.54, 1.807) is 11.9 Å². The molecule has 0 aromatic rings. The highest BCUT2D eigenvalue weighted by Crippen LogP contribution is 2.38. The van der Waals surface area contributed by atoms with Crippen LogP contribution in [0.3, 0.4) is 0 Å². The largest absolute Gasteiger partial charge is 0.481 e. The van der Waals surface area contributed by atoms with Gasteiger partial charge in [0.15, 0.2) is 0 Å². The van der Waals surface area contributed by atoms with Crippen LogP contribution in [-0.4, -0.2) is 46.7 Å². The highest BCUT2D eigenvalue weighted by atomic mass is 16.4. The predicted molar refractivity (Wildman–Crippen MR) is 69.4 cm³/mol. The summed E-state index contributed by atoms with van der Waals surface area (Å²) in [4.78, 5) is 25.2. The standard InChI is InChI=1S/C14H23NO4/c1-8-3-11(12(4-8)14(18)19)13(17)15(2)7-9-5-10(16)6-9/h8-12,16H,3-7H2,1-2H3,(H,18,19)/t8?,9?,10?,11-,12+/m0/s1. The monoisotopic (exact) mass is 269 g/mol. The number of nitrogens with zero attached hydrogens (tertiary/aromatic N) is 1. The lowest BCUT2D eigenvalue weighted by Crippen LogP contribution is -2.43. The molecule has 5 heteroatoms. The van der Waals surface area contributed by atoms with Crippen LogP contribution in [0.5, 0.6) is 0 Å². The Labute approximate surface area is 113 Å². The fourth-order valence-electron chi connectivity index (χ4n) is 3.45. The number of aliphatic hydroxyl groups is 1. The first-order valence-corrected chi connectivity index (χ1v) is 7.04. The minimum Gasteiger partial charge on any atom is -0.481 e. The first-order valence-electron chi connectivity index (χ1n) is 7.04. The Bertz CT molecular complexity index is 364. The van der Waals surface area contributed by atoms with Crippen molar-refractivity contribution in [3.8, 4) is 0 Å². The molecular formula is C14H23NO4. The Kier molecular flexibility index (Phi) is 4.13. The van der Waals surface area contributed by atoms with E-state index in [1.807, 2.05) is 6.92 Å². The van der Waals surface area contributed by atoms with Gasteiger partial charge in [0.25, 0.3) is 0 Å². The normalized spacial score (nSPS) is 37.7. The predicted octanol–water partition coefficient (Wildman–Crippen LogP) is 0.963. The van der Waals surface area contributed by atoms with E-state index in [0.29, 0.717) is 31.2 Å². The summed E-state index contributed by atoms with van der Waals surface area (Å²) in [5, 5.41) is 18.5. The highest BCUT2D eigenvalue weighted by Gasteiger charge is 2.42. The van der Waals surface area contributed by atoms with Gasteiger partial charge in [0.05, 0.1) is 17.9 Å². The fourth-order valence-corrected chi connectivity index (χ4v) is 3.45. The molecule has 0 aromatic carbocycles. The molecule has 3 atom stereocenters. The van der Waals surface area contributed by atoms with Crippen LogP contribution in [-0.2, 0) is 9.59 Å². The molecule has 2 rings (SSSR count). The lowest BCUT2D eigenvalue weighted by atomic mass is 9.82. The third-order valence-electron chi connectivity index (χ3n) is 4.55. The summed E-state index contributed by atoms with van der Waals surface area (Å²) in [6.45, 7) is 2.64. The Morgan fingerprint density at radius 2 is 1.74 bits per heavy atom. The number of hydrogen-bond donors (Lipinski definition) is 2. The number of carboxylic acids is 1. The number of aliphatic hydroxyl groups excluding tert-OH is 1. The smallest absolute Gasteiger partial charge is 0.307 e. The van der Waals surface area contributed by atoms with Crippen LogP contribution < -0.4 is 0 Å². The van der Waals surface area contributed by atoms with Crippen molar-refractivity contribution in [1.82, 2.24) is 4.90 Å². The van der Waals surface area contributed by atoms with Gasteiger partial charge in [-0.05, 0) is 37.5 Å². The second-order valence-electron chi connectivity index (χ2n) is 6.34. The first kappa shape index (κ1) is 14.3. The van der Waals surface area contributed by atoms with E-state index in [4.69, 9.17) is 0 Å². The van der Waals surface area contributed by atoms with E-state index in [0.717, 1.165) is 12.8 Å². The van der Waals surface area contributed by atoms with E-state index in [-0.39, 0.29) is 17.9 Å². The summed E-state index contributed by atoms with van der Waals surface area (Å²) in [6.07, 6.45) is 2.56. The maximum atomic E-state index is 12.4. The third-order valence-corrected chi connectivity index (χ3v) is 4.55. The van der Waals surface area contributed by atoms with E-state index in [9.17, 15) is 19.8 Å². The molecule has 0 heterocycles. The molecule has 2 aliphatic carbocycles. The molecule has 0 aromatic heterocycles. The summed E-state index contributed by atoms with van der Waals surface area (Å²) in [5.41, 5.74) is 0. The van der Waals surface area contributed by atoms with Crippen LogP contribution >= 0.6 is 0 Å². The molecule has 0 radical (unpaired) electrons. The Balaban J connectivity index is 1.92. The van der Waals surface area contributed by atoms with Gasteiger partial charge in [-0.15, -0.1) is 0 Å². The molecular weight excluding hydrogens is 246 g/mol. The number of aliphatic carboxylic acids is 1. The van der Waals surface area contributed by atoms with Gasteiger partial charge in [0, 0.05) is 13.6 Å². The van der Waals surface area contributed by atoms with Gasteiger partial charge < -0.3 is 15.1 Å². The number of carbonyl (C=O) groups is 2. The average Bonchev–Trinajstić information content (AvgIpc) is 2.68. The van der Waals surface area contributed by atoms with E-state index in [1.165, 1.54) is 0 Å². The van der Waals surface area contributed by atoms with Crippen molar-refractivity contribution in [2.75, 3.05) is 13.6 Å². The molecule has 2 fully saturated rings. The van der Waals surface area contributed by atoms with Crippen molar-refractivity contribution >= 4 is 11.9 Å². The van der Waals surface area contributed by atoms with Crippen LogP contribution in [0, 0.1) is 23.7 Å². The van der Waals surface area contributed by atoms with Gasteiger partial charge in [-0.2, -0.15) is 0 Å². The van der Waals surface area contributed by atoms with E-state index >= 15 is 0 Å². The van der Waals surface area contributed by atoms with Crippen molar-refractivity contribution in [2.24, 2.45) is 23.7 Å².